The van der Waals surface area contributed by atoms with Crippen LogP contribution in [0.4, 0.5) is 0 Å². The van der Waals surface area contributed by atoms with E-state index in [1.807, 2.05) is 31.2 Å². The van der Waals surface area contributed by atoms with Crippen molar-refractivity contribution in [3.63, 3.8) is 0 Å². The van der Waals surface area contributed by atoms with Crippen LogP contribution in [0.15, 0.2) is 47.6 Å². The van der Waals surface area contributed by atoms with Crippen molar-refractivity contribution in [2.24, 2.45) is 5.16 Å². The SMILES string of the molecule is COc1ccc(/C(=N/O)c2ccc(C)cc2)c(O)c1. The number of rotatable bonds is 3. The number of methoxy groups -OCH3 is 1. The van der Waals surface area contributed by atoms with Crippen LogP contribution in [0.5, 0.6) is 11.5 Å². The second-order valence-corrected chi connectivity index (χ2v) is 4.20. The Labute approximate surface area is 111 Å². The highest BCUT2D eigenvalue weighted by molar-refractivity contribution is 6.14. The Hall–Kier alpha value is -2.49. The van der Waals surface area contributed by atoms with E-state index in [0.29, 0.717) is 17.0 Å². The maximum atomic E-state index is 9.97. The molecule has 2 aromatic carbocycles. The Morgan fingerprint density at radius 3 is 2.32 bits per heavy atom. The van der Waals surface area contributed by atoms with Crippen LogP contribution in [0, 0.1) is 6.92 Å². The van der Waals surface area contributed by atoms with Gasteiger partial charge in [0.1, 0.15) is 17.2 Å². The number of phenols is 1. The summed E-state index contributed by atoms with van der Waals surface area (Å²) in [6.45, 7) is 1.98. The highest BCUT2D eigenvalue weighted by Crippen LogP contribution is 2.26. The van der Waals surface area contributed by atoms with E-state index in [4.69, 9.17) is 4.74 Å². The summed E-state index contributed by atoms with van der Waals surface area (Å²) in [4.78, 5) is 0. The van der Waals surface area contributed by atoms with Gasteiger partial charge in [-0.1, -0.05) is 35.0 Å². The molecule has 0 unspecified atom stereocenters. The van der Waals surface area contributed by atoms with Crippen LogP contribution in [-0.4, -0.2) is 23.1 Å². The first-order valence-electron chi connectivity index (χ1n) is 5.82. The molecule has 98 valence electrons. The Morgan fingerprint density at radius 1 is 1.11 bits per heavy atom. The van der Waals surface area contributed by atoms with Crippen LogP contribution in [0.25, 0.3) is 0 Å². The number of phenolic OH excluding ortho intramolecular Hbond substituents is 1. The number of hydrogen-bond donors (Lipinski definition) is 2. The van der Waals surface area contributed by atoms with Gasteiger partial charge in [0, 0.05) is 17.2 Å². The van der Waals surface area contributed by atoms with Crippen LogP contribution in [0.2, 0.25) is 0 Å². The van der Waals surface area contributed by atoms with Crippen LogP contribution >= 0.6 is 0 Å². The van der Waals surface area contributed by atoms with Gasteiger partial charge in [-0.05, 0) is 19.1 Å². The molecule has 4 heteroatoms. The van der Waals surface area contributed by atoms with Gasteiger partial charge in [0.25, 0.3) is 0 Å². The summed E-state index contributed by atoms with van der Waals surface area (Å²) in [7, 11) is 1.52. The lowest BCUT2D eigenvalue weighted by Crippen LogP contribution is -2.04. The smallest absolute Gasteiger partial charge is 0.128 e. The molecule has 0 spiro atoms. The maximum absolute atomic E-state index is 9.97. The summed E-state index contributed by atoms with van der Waals surface area (Å²) in [5.41, 5.74) is 2.61. The van der Waals surface area contributed by atoms with Gasteiger partial charge in [-0.3, -0.25) is 0 Å². The third-order valence-corrected chi connectivity index (χ3v) is 2.89. The van der Waals surface area contributed by atoms with Gasteiger partial charge in [0.05, 0.1) is 7.11 Å². The molecule has 0 aliphatic rings. The van der Waals surface area contributed by atoms with Crippen molar-refractivity contribution in [2.75, 3.05) is 7.11 Å². The summed E-state index contributed by atoms with van der Waals surface area (Å²) in [5.74, 6) is 0.551. The fourth-order valence-corrected chi connectivity index (χ4v) is 1.82. The normalized spacial score (nSPS) is 11.4. The number of benzene rings is 2. The van der Waals surface area contributed by atoms with Crippen LogP contribution < -0.4 is 4.74 Å². The van der Waals surface area contributed by atoms with Crippen molar-refractivity contribution in [3.8, 4) is 11.5 Å². The predicted octanol–water partition coefficient (Wildman–Crippen LogP) is 2.94. The van der Waals surface area contributed by atoms with Gasteiger partial charge in [-0.2, -0.15) is 0 Å². The van der Waals surface area contributed by atoms with E-state index in [9.17, 15) is 10.3 Å². The van der Waals surface area contributed by atoms with E-state index in [0.717, 1.165) is 11.1 Å². The summed E-state index contributed by atoms with van der Waals surface area (Å²) in [5, 5.41) is 22.5. The summed E-state index contributed by atoms with van der Waals surface area (Å²) < 4.78 is 5.02. The van der Waals surface area contributed by atoms with E-state index in [-0.39, 0.29) is 5.75 Å². The van der Waals surface area contributed by atoms with Crippen molar-refractivity contribution in [1.29, 1.82) is 0 Å². The summed E-state index contributed by atoms with van der Waals surface area (Å²) in [6, 6.07) is 12.4. The lowest BCUT2D eigenvalue weighted by molar-refractivity contribution is 0.319. The standard InChI is InChI=1S/C15H15NO3/c1-10-3-5-11(6-4-10)15(16-18)13-8-7-12(19-2)9-14(13)17/h3-9,17-18H,1-2H3/b16-15+. The third-order valence-electron chi connectivity index (χ3n) is 2.89. The zero-order valence-electron chi connectivity index (χ0n) is 10.8. The lowest BCUT2D eigenvalue weighted by atomic mass is 10.0. The predicted molar refractivity (Wildman–Crippen MR) is 73.3 cm³/mol. The Kier molecular flexibility index (Phi) is 3.71. The van der Waals surface area contributed by atoms with Gasteiger partial charge >= 0.3 is 0 Å². The van der Waals surface area contributed by atoms with E-state index in [1.54, 1.807) is 12.1 Å². The molecule has 0 fully saturated rings. The second kappa shape index (κ2) is 5.44. The Balaban J connectivity index is 2.46. The molecule has 2 N–H and O–H groups in total. The molecule has 0 atom stereocenters. The molecular formula is C15H15NO3. The zero-order chi connectivity index (χ0) is 13.8. The largest absolute Gasteiger partial charge is 0.507 e. The molecule has 0 aromatic heterocycles. The molecule has 0 saturated carbocycles. The molecule has 0 heterocycles. The van der Waals surface area contributed by atoms with Gasteiger partial charge < -0.3 is 15.1 Å². The molecule has 2 rings (SSSR count). The van der Waals surface area contributed by atoms with E-state index in [2.05, 4.69) is 5.16 Å². The average Bonchev–Trinajstić information content (AvgIpc) is 2.43. The summed E-state index contributed by atoms with van der Waals surface area (Å²) in [6.07, 6.45) is 0. The minimum atomic E-state index is 0.00715. The fourth-order valence-electron chi connectivity index (χ4n) is 1.82. The first-order chi connectivity index (χ1) is 9.15. The number of hydrogen-bond acceptors (Lipinski definition) is 4. The molecule has 0 amide bonds. The minimum Gasteiger partial charge on any atom is -0.507 e. The topological polar surface area (TPSA) is 62.0 Å². The van der Waals surface area contributed by atoms with E-state index >= 15 is 0 Å². The highest BCUT2D eigenvalue weighted by Gasteiger charge is 2.13. The number of aryl methyl sites for hydroxylation is 1. The highest BCUT2D eigenvalue weighted by atomic mass is 16.5. The Bertz CT molecular complexity index is 603. The maximum Gasteiger partial charge on any atom is 0.128 e. The molecule has 2 aromatic rings. The lowest BCUT2D eigenvalue weighted by Gasteiger charge is -2.09. The minimum absolute atomic E-state index is 0.00715. The van der Waals surface area contributed by atoms with Crippen molar-refractivity contribution < 1.29 is 15.1 Å². The van der Waals surface area contributed by atoms with Crippen LogP contribution in [-0.2, 0) is 0 Å². The molecule has 4 nitrogen and oxygen atoms in total. The first kappa shape index (κ1) is 13.0. The number of ether oxygens (including phenoxy) is 1. The fraction of sp³-hybridized carbons (Fsp3) is 0.133. The molecule has 0 bridgehead atoms. The van der Waals surface area contributed by atoms with E-state index in [1.165, 1.54) is 13.2 Å². The number of nitrogens with zero attached hydrogens (tertiary/aromatic N) is 1. The number of oxime groups is 1. The van der Waals surface area contributed by atoms with Gasteiger partial charge in [0.15, 0.2) is 0 Å². The van der Waals surface area contributed by atoms with Crippen molar-refractivity contribution in [2.45, 2.75) is 6.92 Å². The molecule has 0 aliphatic heterocycles. The quantitative estimate of drug-likeness (QED) is 0.505. The van der Waals surface area contributed by atoms with Crippen molar-refractivity contribution in [3.05, 3.63) is 59.2 Å². The monoisotopic (exact) mass is 257 g/mol. The number of aromatic hydroxyl groups is 1. The molecule has 19 heavy (non-hydrogen) atoms. The third kappa shape index (κ3) is 2.68. The van der Waals surface area contributed by atoms with Crippen molar-refractivity contribution >= 4 is 5.71 Å². The molecular weight excluding hydrogens is 242 g/mol. The molecule has 0 radical (unpaired) electrons. The van der Waals surface area contributed by atoms with Crippen molar-refractivity contribution in [1.82, 2.24) is 0 Å². The zero-order valence-corrected chi connectivity index (χ0v) is 10.8. The van der Waals surface area contributed by atoms with Gasteiger partial charge in [-0.15, -0.1) is 0 Å². The molecule has 0 aliphatic carbocycles. The second-order valence-electron chi connectivity index (χ2n) is 4.20. The van der Waals surface area contributed by atoms with Gasteiger partial charge in [-0.25, -0.2) is 0 Å². The average molecular weight is 257 g/mol. The van der Waals surface area contributed by atoms with Gasteiger partial charge in [0.2, 0.25) is 0 Å². The van der Waals surface area contributed by atoms with Crippen LogP contribution in [0.3, 0.4) is 0 Å². The molecule has 0 saturated heterocycles. The van der Waals surface area contributed by atoms with E-state index < -0.39 is 0 Å². The Morgan fingerprint density at radius 2 is 1.79 bits per heavy atom. The van der Waals surface area contributed by atoms with Crippen LogP contribution in [0.1, 0.15) is 16.7 Å². The first-order valence-corrected chi connectivity index (χ1v) is 5.82. The summed E-state index contributed by atoms with van der Waals surface area (Å²) >= 11 is 0.